The van der Waals surface area contributed by atoms with E-state index in [1.807, 2.05) is 73.5 Å². The minimum Gasteiger partial charge on any atom is -0.496 e. The first kappa shape index (κ1) is 19.9. The molecule has 5 heteroatoms. The topological polar surface area (TPSA) is 49.9 Å². The van der Waals surface area contributed by atoms with Crippen LogP contribution in [0.4, 0.5) is 0 Å². The monoisotopic (exact) mass is 380 g/mol. The molecule has 0 aromatic heterocycles. The van der Waals surface area contributed by atoms with E-state index in [1.54, 1.807) is 12.0 Å². The van der Waals surface area contributed by atoms with Crippen molar-refractivity contribution >= 4 is 11.8 Å². The highest BCUT2D eigenvalue weighted by Gasteiger charge is 2.42. The molecule has 1 fully saturated rings. The molecule has 0 bridgehead atoms. The molecule has 3 rings (SSSR count). The van der Waals surface area contributed by atoms with Crippen molar-refractivity contribution in [1.29, 1.82) is 0 Å². The van der Waals surface area contributed by atoms with Gasteiger partial charge in [0.2, 0.25) is 11.8 Å². The van der Waals surface area contributed by atoms with Crippen molar-refractivity contribution in [3.63, 3.8) is 0 Å². The number of methoxy groups -OCH3 is 1. The van der Waals surface area contributed by atoms with Crippen molar-refractivity contribution in [2.45, 2.75) is 25.8 Å². The lowest BCUT2D eigenvalue weighted by atomic mass is 9.87. The largest absolute Gasteiger partial charge is 0.496 e. The van der Waals surface area contributed by atoms with Gasteiger partial charge in [0.1, 0.15) is 5.75 Å². The van der Waals surface area contributed by atoms with Crippen molar-refractivity contribution < 1.29 is 14.3 Å². The second kappa shape index (κ2) is 8.91. The quantitative estimate of drug-likeness (QED) is 0.773. The number of hydrogen-bond donors (Lipinski definition) is 0. The van der Waals surface area contributed by atoms with Crippen molar-refractivity contribution in [3.05, 3.63) is 65.7 Å². The zero-order valence-electron chi connectivity index (χ0n) is 16.8. The van der Waals surface area contributed by atoms with Crippen LogP contribution in [0.3, 0.4) is 0 Å². The van der Waals surface area contributed by atoms with Crippen LogP contribution in [0.15, 0.2) is 54.6 Å². The van der Waals surface area contributed by atoms with Gasteiger partial charge in [0.15, 0.2) is 0 Å². The summed E-state index contributed by atoms with van der Waals surface area (Å²) in [5, 5.41) is 0. The van der Waals surface area contributed by atoms with Crippen LogP contribution in [0.25, 0.3) is 0 Å². The molecule has 28 heavy (non-hydrogen) atoms. The van der Waals surface area contributed by atoms with Gasteiger partial charge in [-0.3, -0.25) is 9.59 Å². The average molecular weight is 380 g/mol. The number of rotatable bonds is 6. The number of hydrogen-bond acceptors (Lipinski definition) is 3. The fraction of sp³-hybridized carbons (Fsp3) is 0.391. The van der Waals surface area contributed by atoms with Crippen molar-refractivity contribution in [2.24, 2.45) is 5.92 Å². The highest BCUT2D eigenvalue weighted by Crippen LogP contribution is 2.38. The Kier molecular flexibility index (Phi) is 6.34. The fourth-order valence-corrected chi connectivity index (χ4v) is 3.99. The van der Waals surface area contributed by atoms with Gasteiger partial charge >= 0.3 is 0 Å². The number of nitrogens with zero attached hydrogens (tertiary/aromatic N) is 2. The smallest absolute Gasteiger partial charge is 0.228 e. The molecule has 1 saturated heterocycles. The normalized spacial score (nSPS) is 18.8. The molecule has 2 atom stereocenters. The first-order valence-electron chi connectivity index (χ1n) is 9.74. The highest BCUT2D eigenvalue weighted by atomic mass is 16.5. The van der Waals surface area contributed by atoms with Gasteiger partial charge in [-0.15, -0.1) is 0 Å². The van der Waals surface area contributed by atoms with Gasteiger partial charge in [-0.2, -0.15) is 0 Å². The Morgan fingerprint density at radius 2 is 1.75 bits per heavy atom. The SMILES string of the molecule is CCC(=O)N1C[C@H](c2ccccc2OC)[C@H](C(=O)N(C)Cc2ccccc2)C1. The third-order valence-corrected chi connectivity index (χ3v) is 5.47. The molecule has 148 valence electrons. The summed E-state index contributed by atoms with van der Waals surface area (Å²) < 4.78 is 5.54. The molecular formula is C23H28N2O3. The Labute approximate surface area is 166 Å². The molecule has 2 aromatic rings. The van der Waals surface area contributed by atoms with E-state index in [0.29, 0.717) is 26.1 Å². The summed E-state index contributed by atoms with van der Waals surface area (Å²) in [5.41, 5.74) is 2.08. The molecule has 0 spiro atoms. The first-order valence-corrected chi connectivity index (χ1v) is 9.74. The van der Waals surface area contributed by atoms with Crippen molar-refractivity contribution in [3.8, 4) is 5.75 Å². The van der Waals surface area contributed by atoms with Crippen LogP contribution < -0.4 is 4.74 Å². The van der Waals surface area contributed by atoms with Gasteiger partial charge < -0.3 is 14.5 Å². The van der Waals surface area contributed by atoms with Crippen LogP contribution in [-0.4, -0.2) is 48.9 Å². The van der Waals surface area contributed by atoms with Gasteiger partial charge in [-0.1, -0.05) is 55.5 Å². The molecular weight excluding hydrogens is 352 g/mol. The number of carbonyl (C=O) groups is 2. The van der Waals surface area contributed by atoms with E-state index in [1.165, 1.54) is 0 Å². The van der Waals surface area contributed by atoms with Crippen LogP contribution in [-0.2, 0) is 16.1 Å². The third-order valence-electron chi connectivity index (χ3n) is 5.47. The lowest BCUT2D eigenvalue weighted by Gasteiger charge is -2.25. The van der Waals surface area contributed by atoms with Crippen LogP contribution in [0, 0.1) is 5.92 Å². The Hall–Kier alpha value is -2.82. The molecule has 0 saturated carbocycles. The predicted octanol–water partition coefficient (Wildman–Crippen LogP) is 3.31. The summed E-state index contributed by atoms with van der Waals surface area (Å²) in [6.45, 7) is 3.41. The van der Waals surface area contributed by atoms with Crippen LogP contribution in [0.2, 0.25) is 0 Å². The summed E-state index contributed by atoms with van der Waals surface area (Å²) in [7, 11) is 3.47. The molecule has 0 unspecified atom stereocenters. The number of amides is 2. The summed E-state index contributed by atoms with van der Waals surface area (Å²) >= 11 is 0. The number of likely N-dealkylation sites (tertiary alicyclic amines) is 1. The maximum Gasteiger partial charge on any atom is 0.228 e. The molecule has 2 aromatic carbocycles. The Balaban J connectivity index is 1.86. The van der Waals surface area contributed by atoms with Crippen LogP contribution in [0.1, 0.15) is 30.4 Å². The Morgan fingerprint density at radius 1 is 1.07 bits per heavy atom. The summed E-state index contributed by atoms with van der Waals surface area (Å²) in [5.74, 6) is 0.562. The Bertz CT molecular complexity index is 822. The molecule has 0 radical (unpaired) electrons. The zero-order chi connectivity index (χ0) is 20.1. The van der Waals surface area contributed by atoms with E-state index in [4.69, 9.17) is 4.74 Å². The van der Waals surface area contributed by atoms with Crippen molar-refractivity contribution in [2.75, 3.05) is 27.2 Å². The molecule has 1 aliphatic heterocycles. The van der Waals surface area contributed by atoms with Gasteiger partial charge in [0.25, 0.3) is 0 Å². The molecule has 2 amide bonds. The van der Waals surface area contributed by atoms with Gasteiger partial charge in [-0.05, 0) is 17.2 Å². The summed E-state index contributed by atoms with van der Waals surface area (Å²) in [4.78, 5) is 29.3. The minimum atomic E-state index is -0.277. The van der Waals surface area contributed by atoms with Gasteiger partial charge in [-0.25, -0.2) is 0 Å². The average Bonchev–Trinajstić information content (AvgIpc) is 3.18. The number of carbonyl (C=O) groups excluding carboxylic acids is 2. The molecule has 5 nitrogen and oxygen atoms in total. The zero-order valence-corrected chi connectivity index (χ0v) is 16.8. The molecule has 0 aliphatic carbocycles. The van der Waals surface area contributed by atoms with Gasteiger partial charge in [0.05, 0.1) is 13.0 Å². The second-order valence-corrected chi connectivity index (χ2v) is 7.29. The van der Waals surface area contributed by atoms with E-state index < -0.39 is 0 Å². The molecule has 1 aliphatic rings. The van der Waals surface area contributed by atoms with E-state index in [9.17, 15) is 9.59 Å². The first-order chi connectivity index (χ1) is 13.5. The van der Waals surface area contributed by atoms with Gasteiger partial charge in [0, 0.05) is 39.0 Å². The van der Waals surface area contributed by atoms with Crippen LogP contribution in [0.5, 0.6) is 5.75 Å². The van der Waals surface area contributed by atoms with Crippen LogP contribution >= 0.6 is 0 Å². The number of ether oxygens (including phenoxy) is 1. The predicted molar refractivity (Wildman–Crippen MR) is 109 cm³/mol. The second-order valence-electron chi connectivity index (χ2n) is 7.29. The third kappa shape index (κ3) is 4.19. The number of benzene rings is 2. The summed E-state index contributed by atoms with van der Waals surface area (Å²) in [6.07, 6.45) is 0.444. The lowest BCUT2D eigenvalue weighted by Crippen LogP contribution is -2.36. The number of para-hydroxylation sites is 1. The summed E-state index contributed by atoms with van der Waals surface area (Å²) in [6, 6.07) is 17.7. The fourth-order valence-electron chi connectivity index (χ4n) is 3.99. The van der Waals surface area contributed by atoms with E-state index in [2.05, 4.69) is 0 Å². The van der Waals surface area contributed by atoms with Crippen molar-refractivity contribution in [1.82, 2.24) is 9.80 Å². The molecule has 1 heterocycles. The maximum absolute atomic E-state index is 13.3. The van der Waals surface area contributed by atoms with E-state index in [0.717, 1.165) is 16.9 Å². The Morgan fingerprint density at radius 3 is 2.43 bits per heavy atom. The minimum absolute atomic E-state index is 0.0613. The standard InChI is InChI=1S/C23H28N2O3/c1-4-22(26)25-15-19(18-12-8-9-13-21(18)28-3)20(16-25)23(27)24(2)14-17-10-6-5-7-11-17/h5-13,19-20H,4,14-16H2,1-3H3/t19-,20-/m1/s1. The van der Waals surface area contributed by atoms with E-state index in [-0.39, 0.29) is 23.7 Å². The highest BCUT2D eigenvalue weighted by molar-refractivity contribution is 5.83. The van der Waals surface area contributed by atoms with E-state index >= 15 is 0 Å². The molecule has 0 N–H and O–H groups in total. The maximum atomic E-state index is 13.3. The lowest BCUT2D eigenvalue weighted by molar-refractivity contribution is -0.135.